The lowest BCUT2D eigenvalue weighted by Crippen LogP contribution is -2.28. The summed E-state index contributed by atoms with van der Waals surface area (Å²) in [7, 11) is -3.45. The zero-order valence-electron chi connectivity index (χ0n) is 21.0. The van der Waals surface area contributed by atoms with Crippen molar-refractivity contribution in [3.8, 4) is 22.9 Å². The molecule has 194 valence electrons. The van der Waals surface area contributed by atoms with Crippen molar-refractivity contribution in [2.75, 3.05) is 17.3 Å². The number of nitrogens with one attached hydrogen (secondary N) is 1. The van der Waals surface area contributed by atoms with E-state index in [0.29, 0.717) is 33.5 Å². The molecule has 0 aliphatic heterocycles. The number of benzene rings is 3. The molecule has 1 atom stereocenters. The van der Waals surface area contributed by atoms with Gasteiger partial charge in [-0.2, -0.15) is 10.2 Å². The lowest BCUT2D eigenvalue weighted by atomic mass is 10.0. The van der Waals surface area contributed by atoms with Gasteiger partial charge in [0, 0.05) is 6.26 Å². The molecule has 0 fully saturated rings. The average Bonchev–Trinajstić information content (AvgIpc) is 2.93. The molecule has 3 N–H and O–H groups in total. The first-order valence-electron chi connectivity index (χ1n) is 11.9. The largest absolute Gasteiger partial charge is 0.368 e. The minimum atomic E-state index is -3.45. The maximum Gasteiger partial charge on any atom is 0.266 e. The normalized spacial score (nSPS) is 12.1. The van der Waals surface area contributed by atoms with Crippen molar-refractivity contribution < 1.29 is 8.42 Å². The zero-order chi connectivity index (χ0) is 27.7. The third-order valence-corrected chi connectivity index (χ3v) is 7.29. The Hall–Kier alpha value is -5.08. The molecule has 10 nitrogen and oxygen atoms in total. The smallest absolute Gasteiger partial charge is 0.266 e. The molecule has 0 amide bonds. The summed E-state index contributed by atoms with van der Waals surface area (Å²) in [6.45, 7) is 1.80. The lowest BCUT2D eigenvalue weighted by Gasteiger charge is -2.21. The predicted molar refractivity (Wildman–Crippen MR) is 149 cm³/mol. The van der Waals surface area contributed by atoms with E-state index in [1.165, 1.54) is 16.8 Å². The molecule has 3 aromatic carbocycles. The lowest BCUT2D eigenvalue weighted by molar-refractivity contribution is 0.602. The van der Waals surface area contributed by atoms with Crippen LogP contribution >= 0.6 is 0 Å². The molecular formula is C28H23N7O3S. The number of hydrogen-bond acceptors (Lipinski definition) is 9. The highest BCUT2D eigenvalue weighted by molar-refractivity contribution is 7.90. The van der Waals surface area contributed by atoms with Crippen LogP contribution in [0.4, 0.5) is 11.8 Å². The molecule has 0 saturated heterocycles. The van der Waals surface area contributed by atoms with Crippen LogP contribution < -0.4 is 16.6 Å². The van der Waals surface area contributed by atoms with Crippen LogP contribution in [-0.4, -0.2) is 34.2 Å². The van der Waals surface area contributed by atoms with Crippen LogP contribution in [0.5, 0.6) is 0 Å². The summed E-state index contributed by atoms with van der Waals surface area (Å²) in [4.78, 5) is 27.3. The average molecular weight is 538 g/mol. The highest BCUT2D eigenvalue weighted by Crippen LogP contribution is 2.30. The predicted octanol–water partition coefficient (Wildman–Crippen LogP) is 3.87. The van der Waals surface area contributed by atoms with Gasteiger partial charge in [0.05, 0.1) is 33.7 Å². The van der Waals surface area contributed by atoms with E-state index in [0.717, 1.165) is 6.26 Å². The zero-order valence-corrected chi connectivity index (χ0v) is 21.8. The number of nitrogens with zero attached hydrogens (tertiary/aromatic N) is 5. The first-order valence-corrected chi connectivity index (χ1v) is 13.8. The summed E-state index contributed by atoms with van der Waals surface area (Å²) in [5.41, 5.74) is 7.76. The fourth-order valence-corrected chi connectivity index (χ4v) is 5.02. The number of sulfone groups is 1. The van der Waals surface area contributed by atoms with Gasteiger partial charge in [-0.1, -0.05) is 42.5 Å². The van der Waals surface area contributed by atoms with Crippen molar-refractivity contribution in [3.63, 3.8) is 0 Å². The summed E-state index contributed by atoms with van der Waals surface area (Å²) in [5.74, 6) is 0.594. The number of nitrogen functional groups attached to an aromatic ring is 1. The quantitative estimate of drug-likeness (QED) is 0.328. The van der Waals surface area contributed by atoms with E-state index in [9.17, 15) is 18.5 Å². The van der Waals surface area contributed by atoms with Gasteiger partial charge in [-0.3, -0.25) is 9.36 Å². The van der Waals surface area contributed by atoms with E-state index in [1.807, 2.05) is 24.3 Å². The maximum atomic E-state index is 14.2. The summed E-state index contributed by atoms with van der Waals surface area (Å²) < 4.78 is 25.9. The van der Waals surface area contributed by atoms with Crippen molar-refractivity contribution in [1.29, 1.82) is 5.26 Å². The monoisotopic (exact) mass is 537 g/mol. The molecule has 0 aliphatic rings. The SMILES string of the molecule is CC(Nc1nc(N)ncc1C#N)c1nc2cccc(-c3cccc(S(C)(=O)=O)c3)c2c(=O)n1-c1ccccc1. The van der Waals surface area contributed by atoms with Crippen molar-refractivity contribution in [3.05, 3.63) is 101 Å². The molecule has 0 saturated carbocycles. The van der Waals surface area contributed by atoms with E-state index in [4.69, 9.17) is 10.7 Å². The Kier molecular flexibility index (Phi) is 6.55. The Bertz CT molecular complexity index is 1930. The molecule has 39 heavy (non-hydrogen) atoms. The highest BCUT2D eigenvalue weighted by atomic mass is 32.2. The number of anilines is 2. The molecule has 5 aromatic rings. The highest BCUT2D eigenvalue weighted by Gasteiger charge is 2.22. The molecule has 0 aliphatic carbocycles. The van der Waals surface area contributed by atoms with Crippen LogP contribution in [0.3, 0.4) is 0 Å². The third kappa shape index (κ3) is 4.93. The number of rotatable bonds is 6. The van der Waals surface area contributed by atoms with Crippen LogP contribution in [0.1, 0.15) is 24.4 Å². The molecule has 5 rings (SSSR count). The number of hydrogen-bond donors (Lipinski definition) is 2. The maximum absolute atomic E-state index is 14.2. The Balaban J connectivity index is 1.76. The van der Waals surface area contributed by atoms with Crippen LogP contribution in [0.2, 0.25) is 0 Å². The summed E-state index contributed by atoms with van der Waals surface area (Å²) in [6, 6.07) is 22.3. The second-order valence-electron chi connectivity index (χ2n) is 8.91. The van der Waals surface area contributed by atoms with Crippen LogP contribution in [0.25, 0.3) is 27.7 Å². The Morgan fingerprint density at radius 2 is 1.77 bits per heavy atom. The standard InChI is InChI=1S/C28H23N7O3S/c1-17(32-25-19(15-29)16-31-28(30)34-25)26-33-23-13-7-12-22(18-8-6-11-21(14-18)39(2,37)38)24(23)27(36)35(26)20-9-4-3-5-10-20/h3-14,16-17H,1-2H3,(H3,30,31,32,34). The molecule has 1 unspecified atom stereocenters. The van der Waals surface area contributed by atoms with Crippen LogP contribution in [0, 0.1) is 11.3 Å². The topological polar surface area (TPSA) is 157 Å². The number of fused-ring (bicyclic) bond motifs is 1. The van der Waals surface area contributed by atoms with E-state index < -0.39 is 15.9 Å². The van der Waals surface area contributed by atoms with Gasteiger partial charge in [0.25, 0.3) is 5.56 Å². The van der Waals surface area contributed by atoms with Gasteiger partial charge in [-0.15, -0.1) is 0 Å². The summed E-state index contributed by atoms with van der Waals surface area (Å²) in [5, 5.41) is 13.0. The fourth-order valence-electron chi connectivity index (χ4n) is 4.36. The number of aromatic nitrogens is 4. The molecule has 0 bridgehead atoms. The van der Waals surface area contributed by atoms with Gasteiger partial charge < -0.3 is 11.1 Å². The minimum absolute atomic E-state index is 0.00316. The molecule has 0 radical (unpaired) electrons. The molecule has 2 heterocycles. The van der Waals surface area contributed by atoms with Crippen molar-refractivity contribution in [2.24, 2.45) is 0 Å². The van der Waals surface area contributed by atoms with Gasteiger partial charge >= 0.3 is 0 Å². The number of nitrogens with two attached hydrogens (primary N) is 1. The molecule has 2 aromatic heterocycles. The third-order valence-electron chi connectivity index (χ3n) is 6.18. The van der Waals surface area contributed by atoms with Gasteiger partial charge in [-0.25, -0.2) is 18.4 Å². The van der Waals surface area contributed by atoms with Crippen LogP contribution in [-0.2, 0) is 9.84 Å². The second-order valence-corrected chi connectivity index (χ2v) is 10.9. The Morgan fingerprint density at radius 1 is 1.03 bits per heavy atom. The van der Waals surface area contributed by atoms with E-state index >= 15 is 0 Å². The minimum Gasteiger partial charge on any atom is -0.368 e. The molecular weight excluding hydrogens is 514 g/mol. The van der Waals surface area contributed by atoms with E-state index in [2.05, 4.69) is 15.3 Å². The van der Waals surface area contributed by atoms with E-state index in [1.54, 1.807) is 55.5 Å². The fraction of sp³-hybridized carbons (Fsp3) is 0.107. The van der Waals surface area contributed by atoms with Gasteiger partial charge in [0.1, 0.15) is 23.3 Å². The Labute approximate surface area is 224 Å². The van der Waals surface area contributed by atoms with Crippen molar-refractivity contribution >= 4 is 32.5 Å². The van der Waals surface area contributed by atoms with Gasteiger partial charge in [-0.05, 0) is 48.4 Å². The van der Waals surface area contributed by atoms with E-state index in [-0.39, 0.29) is 27.8 Å². The summed E-state index contributed by atoms with van der Waals surface area (Å²) >= 11 is 0. The summed E-state index contributed by atoms with van der Waals surface area (Å²) in [6.07, 6.45) is 2.47. The molecule has 11 heteroatoms. The van der Waals surface area contributed by atoms with Crippen molar-refractivity contribution in [2.45, 2.75) is 17.9 Å². The van der Waals surface area contributed by atoms with Gasteiger partial charge in [0.15, 0.2) is 9.84 Å². The second kappa shape index (κ2) is 10.00. The van der Waals surface area contributed by atoms with Crippen molar-refractivity contribution in [1.82, 2.24) is 19.5 Å². The Morgan fingerprint density at radius 3 is 2.49 bits per heavy atom. The first kappa shape index (κ1) is 25.6. The number of para-hydroxylation sites is 1. The van der Waals surface area contributed by atoms with Gasteiger partial charge in [0.2, 0.25) is 5.95 Å². The number of nitriles is 1. The molecule has 0 spiro atoms. The first-order chi connectivity index (χ1) is 18.7. The van der Waals surface area contributed by atoms with Crippen LogP contribution in [0.15, 0.2) is 88.7 Å².